The van der Waals surface area contributed by atoms with Crippen molar-refractivity contribution in [3.05, 3.63) is 24.3 Å². The van der Waals surface area contributed by atoms with Gasteiger partial charge in [0.05, 0.1) is 0 Å². The molecule has 0 amide bonds. The lowest BCUT2D eigenvalue weighted by atomic mass is 10.6. The smallest absolute Gasteiger partial charge is 0.218 e. The maximum absolute atomic E-state index is 5.53. The van der Waals surface area contributed by atoms with Crippen molar-refractivity contribution in [2.75, 3.05) is 5.73 Å². The molecule has 68 valence electrons. The molecule has 2 aromatic rings. The Morgan fingerprint density at radius 1 is 1.54 bits per heavy atom. The lowest BCUT2D eigenvalue weighted by Crippen LogP contribution is -2.02. The van der Waals surface area contributed by atoms with E-state index in [0.717, 1.165) is 0 Å². The molecule has 0 unspecified atom stereocenters. The Kier molecular flexibility index (Phi) is 1.73. The standard InChI is InChI=1S/C7H10N6/c1-12-7(8)10-6(11-12)5-13-4-2-3-9-13/h2-4H,5H2,1H3,(H2,8,10,11). The van der Waals surface area contributed by atoms with Gasteiger partial charge in [0.1, 0.15) is 6.54 Å². The largest absolute Gasteiger partial charge is 0.368 e. The maximum atomic E-state index is 5.53. The van der Waals surface area contributed by atoms with Gasteiger partial charge >= 0.3 is 0 Å². The number of hydrogen-bond acceptors (Lipinski definition) is 4. The second-order valence-corrected chi connectivity index (χ2v) is 2.71. The van der Waals surface area contributed by atoms with Gasteiger partial charge in [0.15, 0.2) is 5.82 Å². The Morgan fingerprint density at radius 3 is 2.92 bits per heavy atom. The van der Waals surface area contributed by atoms with Crippen LogP contribution in [0, 0.1) is 0 Å². The molecule has 0 saturated carbocycles. The van der Waals surface area contributed by atoms with Crippen molar-refractivity contribution < 1.29 is 0 Å². The fourth-order valence-electron chi connectivity index (χ4n) is 1.06. The lowest BCUT2D eigenvalue weighted by Gasteiger charge is -1.93. The van der Waals surface area contributed by atoms with Gasteiger partial charge in [-0.1, -0.05) is 0 Å². The summed E-state index contributed by atoms with van der Waals surface area (Å²) < 4.78 is 3.29. The van der Waals surface area contributed by atoms with E-state index in [9.17, 15) is 0 Å². The molecule has 2 aromatic heterocycles. The van der Waals surface area contributed by atoms with E-state index in [1.807, 2.05) is 12.3 Å². The highest BCUT2D eigenvalue weighted by atomic mass is 15.4. The Hall–Kier alpha value is -1.85. The summed E-state index contributed by atoms with van der Waals surface area (Å²) in [5.41, 5.74) is 5.53. The molecule has 6 heteroatoms. The molecule has 0 saturated heterocycles. The van der Waals surface area contributed by atoms with Crippen LogP contribution in [0.25, 0.3) is 0 Å². The van der Waals surface area contributed by atoms with Gasteiger partial charge in [-0.3, -0.25) is 4.68 Å². The highest BCUT2D eigenvalue weighted by Crippen LogP contribution is 1.99. The molecule has 0 aromatic carbocycles. The van der Waals surface area contributed by atoms with Gasteiger partial charge in [0.2, 0.25) is 5.95 Å². The highest BCUT2D eigenvalue weighted by molar-refractivity contribution is 5.15. The van der Waals surface area contributed by atoms with E-state index in [1.54, 1.807) is 22.6 Å². The highest BCUT2D eigenvalue weighted by Gasteiger charge is 2.03. The number of nitrogens with zero attached hydrogens (tertiary/aromatic N) is 5. The summed E-state index contributed by atoms with van der Waals surface area (Å²) in [6.07, 6.45) is 3.57. The SMILES string of the molecule is Cn1nc(Cn2cccn2)nc1N. The molecule has 2 heterocycles. The van der Waals surface area contributed by atoms with Crippen molar-refractivity contribution in [1.82, 2.24) is 24.5 Å². The first-order valence-corrected chi connectivity index (χ1v) is 3.88. The number of rotatable bonds is 2. The summed E-state index contributed by atoms with van der Waals surface area (Å²) in [7, 11) is 1.76. The third kappa shape index (κ3) is 1.51. The molecule has 0 aliphatic carbocycles. The van der Waals surface area contributed by atoms with Crippen molar-refractivity contribution in [1.29, 1.82) is 0 Å². The van der Waals surface area contributed by atoms with Crippen molar-refractivity contribution >= 4 is 5.95 Å². The summed E-state index contributed by atoms with van der Waals surface area (Å²) in [5, 5.41) is 8.14. The average Bonchev–Trinajstić information content (AvgIpc) is 2.64. The first-order chi connectivity index (χ1) is 6.25. The molecule has 0 aliphatic rings. The van der Waals surface area contributed by atoms with Gasteiger partial charge in [0, 0.05) is 19.4 Å². The van der Waals surface area contributed by atoms with Gasteiger partial charge in [-0.05, 0) is 6.07 Å². The second-order valence-electron chi connectivity index (χ2n) is 2.71. The number of anilines is 1. The molecule has 0 bridgehead atoms. The van der Waals surface area contributed by atoms with E-state index < -0.39 is 0 Å². The van der Waals surface area contributed by atoms with Crippen LogP contribution >= 0.6 is 0 Å². The molecule has 0 atom stereocenters. The minimum atomic E-state index is 0.419. The Bertz CT molecular complexity index is 368. The third-order valence-corrected chi connectivity index (χ3v) is 1.70. The van der Waals surface area contributed by atoms with Crippen LogP contribution in [-0.2, 0) is 13.6 Å². The van der Waals surface area contributed by atoms with Crippen LogP contribution in [-0.4, -0.2) is 24.5 Å². The lowest BCUT2D eigenvalue weighted by molar-refractivity contribution is 0.643. The second kappa shape index (κ2) is 2.89. The zero-order valence-corrected chi connectivity index (χ0v) is 7.25. The first-order valence-electron chi connectivity index (χ1n) is 3.88. The van der Waals surface area contributed by atoms with E-state index in [1.165, 1.54) is 0 Å². The molecule has 2 N–H and O–H groups in total. The normalized spacial score (nSPS) is 10.5. The Morgan fingerprint density at radius 2 is 2.38 bits per heavy atom. The van der Waals surface area contributed by atoms with Crippen LogP contribution < -0.4 is 5.73 Å². The third-order valence-electron chi connectivity index (χ3n) is 1.70. The fourth-order valence-corrected chi connectivity index (χ4v) is 1.06. The average molecular weight is 178 g/mol. The van der Waals surface area contributed by atoms with E-state index in [0.29, 0.717) is 18.3 Å². The van der Waals surface area contributed by atoms with Crippen LogP contribution in [0.3, 0.4) is 0 Å². The summed E-state index contributed by atoms with van der Waals surface area (Å²) >= 11 is 0. The molecular weight excluding hydrogens is 168 g/mol. The number of nitrogen functional groups attached to an aromatic ring is 1. The monoisotopic (exact) mass is 178 g/mol. The van der Waals surface area contributed by atoms with Crippen LogP contribution in [0.1, 0.15) is 5.82 Å². The van der Waals surface area contributed by atoms with Crippen molar-refractivity contribution in [2.45, 2.75) is 6.54 Å². The summed E-state index contributed by atoms with van der Waals surface area (Å²) in [6.45, 7) is 0.554. The van der Waals surface area contributed by atoms with Gasteiger partial charge in [-0.2, -0.15) is 15.2 Å². The summed E-state index contributed by atoms with van der Waals surface area (Å²) in [5.74, 6) is 1.09. The minimum Gasteiger partial charge on any atom is -0.368 e. The van der Waals surface area contributed by atoms with Crippen LogP contribution in [0.15, 0.2) is 18.5 Å². The summed E-state index contributed by atoms with van der Waals surface area (Å²) in [6, 6.07) is 1.85. The molecule has 0 aliphatic heterocycles. The summed E-state index contributed by atoms with van der Waals surface area (Å²) in [4.78, 5) is 4.05. The van der Waals surface area contributed by atoms with Gasteiger partial charge in [0.25, 0.3) is 0 Å². The molecule has 2 rings (SSSR count). The number of hydrogen-bond donors (Lipinski definition) is 1. The quantitative estimate of drug-likeness (QED) is 0.681. The van der Waals surface area contributed by atoms with Crippen molar-refractivity contribution in [2.24, 2.45) is 7.05 Å². The molecular formula is C7H10N6. The van der Waals surface area contributed by atoms with Crippen molar-refractivity contribution in [3.8, 4) is 0 Å². The van der Waals surface area contributed by atoms with Gasteiger partial charge in [-0.15, -0.1) is 0 Å². The number of aryl methyl sites for hydroxylation is 1. The number of nitrogens with two attached hydrogens (primary N) is 1. The zero-order chi connectivity index (χ0) is 9.26. The predicted molar refractivity (Wildman–Crippen MR) is 46.7 cm³/mol. The van der Waals surface area contributed by atoms with Crippen LogP contribution in [0.4, 0.5) is 5.95 Å². The van der Waals surface area contributed by atoms with E-state index >= 15 is 0 Å². The molecule has 0 spiro atoms. The van der Waals surface area contributed by atoms with E-state index in [2.05, 4.69) is 15.2 Å². The molecule has 6 nitrogen and oxygen atoms in total. The first kappa shape index (κ1) is 7.78. The fraction of sp³-hybridized carbons (Fsp3) is 0.286. The Balaban J connectivity index is 2.19. The molecule has 13 heavy (non-hydrogen) atoms. The van der Waals surface area contributed by atoms with E-state index in [4.69, 9.17) is 5.73 Å². The topological polar surface area (TPSA) is 74.5 Å². The van der Waals surface area contributed by atoms with E-state index in [-0.39, 0.29) is 0 Å². The zero-order valence-electron chi connectivity index (χ0n) is 7.25. The molecule has 0 fully saturated rings. The number of aromatic nitrogens is 5. The predicted octanol–water partition coefficient (Wildman–Crippen LogP) is -0.358. The van der Waals surface area contributed by atoms with Crippen LogP contribution in [0.5, 0.6) is 0 Å². The minimum absolute atomic E-state index is 0.419. The van der Waals surface area contributed by atoms with Crippen molar-refractivity contribution in [3.63, 3.8) is 0 Å². The molecule has 0 radical (unpaired) electrons. The Labute approximate surface area is 75.0 Å². The van der Waals surface area contributed by atoms with Gasteiger partial charge < -0.3 is 5.73 Å². The maximum Gasteiger partial charge on any atom is 0.218 e. The van der Waals surface area contributed by atoms with Gasteiger partial charge in [-0.25, -0.2) is 4.68 Å². The van der Waals surface area contributed by atoms with Crippen LogP contribution in [0.2, 0.25) is 0 Å².